The third-order valence-electron chi connectivity index (χ3n) is 1.85. The quantitative estimate of drug-likeness (QED) is 0.648. The molecule has 8 heteroatoms. The van der Waals surface area contributed by atoms with Crippen LogP contribution in [0.25, 0.3) is 0 Å². The predicted octanol–water partition coefficient (Wildman–Crippen LogP) is 1.29. The van der Waals surface area contributed by atoms with Crippen molar-refractivity contribution in [1.82, 2.24) is 4.72 Å². The number of halogens is 2. The van der Waals surface area contributed by atoms with Gasteiger partial charge in [-0.05, 0) is 18.2 Å². The summed E-state index contributed by atoms with van der Waals surface area (Å²) in [6.45, 7) is -0.218. The summed E-state index contributed by atoms with van der Waals surface area (Å²) in [5.74, 6) is -1.54. The summed E-state index contributed by atoms with van der Waals surface area (Å²) < 4.78 is 42.2. The summed E-state index contributed by atoms with van der Waals surface area (Å²) in [4.78, 5) is 11.4. The molecule has 100 valence electrons. The highest BCUT2D eigenvalue weighted by Crippen LogP contribution is 2.15. The van der Waals surface area contributed by atoms with Crippen LogP contribution in [0.2, 0.25) is 0 Å². The SMILES string of the molecule is CS(=O)(=O)NCCOC(=O)c1ccc(Br)cc1F. The maximum atomic E-state index is 13.4. The van der Waals surface area contributed by atoms with Gasteiger partial charge in [0.1, 0.15) is 12.4 Å². The van der Waals surface area contributed by atoms with Crippen molar-refractivity contribution < 1.29 is 22.3 Å². The topological polar surface area (TPSA) is 72.5 Å². The lowest BCUT2D eigenvalue weighted by molar-refractivity contribution is 0.0508. The Morgan fingerprint density at radius 2 is 2.17 bits per heavy atom. The number of esters is 1. The normalized spacial score (nSPS) is 11.3. The fraction of sp³-hybridized carbons (Fsp3) is 0.300. The van der Waals surface area contributed by atoms with E-state index in [9.17, 15) is 17.6 Å². The third-order valence-corrected chi connectivity index (χ3v) is 3.07. The van der Waals surface area contributed by atoms with Crippen molar-refractivity contribution in [2.75, 3.05) is 19.4 Å². The molecule has 0 amide bonds. The van der Waals surface area contributed by atoms with E-state index in [1.54, 1.807) is 0 Å². The lowest BCUT2D eigenvalue weighted by Gasteiger charge is -2.06. The number of nitrogens with one attached hydrogen (secondary N) is 1. The number of hydrogen-bond donors (Lipinski definition) is 1. The van der Waals surface area contributed by atoms with Gasteiger partial charge in [-0.2, -0.15) is 0 Å². The molecule has 0 radical (unpaired) electrons. The molecule has 1 rings (SSSR count). The van der Waals surface area contributed by atoms with Gasteiger partial charge in [0.2, 0.25) is 10.0 Å². The Morgan fingerprint density at radius 1 is 1.50 bits per heavy atom. The van der Waals surface area contributed by atoms with Crippen molar-refractivity contribution in [1.29, 1.82) is 0 Å². The second-order valence-corrected chi connectivity index (χ2v) is 6.18. The molecular formula is C10H11BrFNO4S. The van der Waals surface area contributed by atoms with Crippen LogP contribution in [0.1, 0.15) is 10.4 Å². The number of carbonyl (C=O) groups is 1. The molecule has 0 bridgehead atoms. The van der Waals surface area contributed by atoms with E-state index in [2.05, 4.69) is 20.7 Å². The second-order valence-electron chi connectivity index (χ2n) is 3.43. The summed E-state index contributed by atoms with van der Waals surface area (Å²) in [5.41, 5.74) is -0.197. The minimum atomic E-state index is -3.32. The van der Waals surface area contributed by atoms with E-state index < -0.39 is 21.8 Å². The van der Waals surface area contributed by atoms with Crippen molar-refractivity contribution in [3.8, 4) is 0 Å². The van der Waals surface area contributed by atoms with Crippen LogP contribution in [0, 0.1) is 5.82 Å². The Hall–Kier alpha value is -0.990. The molecule has 1 aromatic rings. The summed E-state index contributed by atoms with van der Waals surface area (Å²) in [6.07, 6.45) is 0.989. The van der Waals surface area contributed by atoms with Crippen molar-refractivity contribution in [2.45, 2.75) is 0 Å². The smallest absolute Gasteiger partial charge is 0.341 e. The van der Waals surface area contributed by atoms with E-state index in [0.717, 1.165) is 12.3 Å². The first kappa shape index (κ1) is 15.1. The van der Waals surface area contributed by atoms with Gasteiger partial charge >= 0.3 is 5.97 Å². The molecule has 5 nitrogen and oxygen atoms in total. The Balaban J connectivity index is 2.51. The first-order chi connectivity index (χ1) is 8.29. The summed E-state index contributed by atoms with van der Waals surface area (Å²) in [6, 6.07) is 3.94. The largest absolute Gasteiger partial charge is 0.461 e. The molecular weight excluding hydrogens is 329 g/mol. The minimum Gasteiger partial charge on any atom is -0.461 e. The molecule has 0 aliphatic rings. The van der Waals surface area contributed by atoms with Gasteiger partial charge in [0, 0.05) is 11.0 Å². The van der Waals surface area contributed by atoms with Crippen molar-refractivity contribution in [3.63, 3.8) is 0 Å². The van der Waals surface area contributed by atoms with Gasteiger partial charge < -0.3 is 4.74 Å². The molecule has 18 heavy (non-hydrogen) atoms. The van der Waals surface area contributed by atoms with E-state index in [-0.39, 0.29) is 18.7 Å². The van der Waals surface area contributed by atoms with E-state index in [4.69, 9.17) is 4.74 Å². The zero-order valence-corrected chi connectivity index (χ0v) is 11.8. The molecule has 0 spiro atoms. The molecule has 0 aliphatic heterocycles. The minimum absolute atomic E-state index is 0.0529. The van der Waals surface area contributed by atoms with Gasteiger partial charge in [-0.1, -0.05) is 15.9 Å². The molecule has 1 aromatic carbocycles. The summed E-state index contributed by atoms with van der Waals surface area (Å²) >= 11 is 3.06. The van der Waals surface area contributed by atoms with Crippen LogP contribution < -0.4 is 4.72 Å². The highest BCUT2D eigenvalue weighted by molar-refractivity contribution is 9.10. The highest BCUT2D eigenvalue weighted by Gasteiger charge is 2.13. The molecule has 1 N–H and O–H groups in total. The van der Waals surface area contributed by atoms with Gasteiger partial charge in [0.15, 0.2) is 0 Å². The first-order valence-corrected chi connectivity index (χ1v) is 7.55. The van der Waals surface area contributed by atoms with E-state index in [1.165, 1.54) is 12.1 Å². The zero-order chi connectivity index (χ0) is 13.8. The van der Waals surface area contributed by atoms with Crippen LogP contribution in [0.15, 0.2) is 22.7 Å². The van der Waals surface area contributed by atoms with E-state index in [0.29, 0.717) is 4.47 Å². The molecule has 0 fully saturated rings. The molecule has 0 saturated heterocycles. The molecule has 0 aliphatic carbocycles. The molecule has 0 aromatic heterocycles. The predicted molar refractivity (Wildman–Crippen MR) is 67.2 cm³/mol. The number of sulfonamides is 1. The second kappa shape index (κ2) is 6.26. The van der Waals surface area contributed by atoms with Crippen molar-refractivity contribution in [3.05, 3.63) is 34.1 Å². The van der Waals surface area contributed by atoms with Crippen molar-refractivity contribution >= 4 is 31.9 Å². The van der Waals surface area contributed by atoms with Gasteiger partial charge in [0.25, 0.3) is 0 Å². The maximum Gasteiger partial charge on any atom is 0.341 e. The Bertz CT molecular complexity index is 547. The molecule has 0 unspecified atom stereocenters. The zero-order valence-electron chi connectivity index (χ0n) is 9.44. The standard InChI is InChI=1S/C10H11BrFNO4S/c1-18(15,16)13-4-5-17-10(14)8-3-2-7(11)6-9(8)12/h2-3,6,13H,4-5H2,1H3. The molecule has 0 saturated carbocycles. The van der Waals surface area contributed by atoms with E-state index in [1.807, 2.05) is 0 Å². The average Bonchev–Trinajstić information content (AvgIpc) is 2.22. The first-order valence-electron chi connectivity index (χ1n) is 4.86. The summed E-state index contributed by atoms with van der Waals surface area (Å²) in [7, 11) is -3.32. The van der Waals surface area contributed by atoms with E-state index >= 15 is 0 Å². The lowest BCUT2D eigenvalue weighted by Crippen LogP contribution is -2.27. The van der Waals surface area contributed by atoms with Gasteiger partial charge in [-0.15, -0.1) is 0 Å². The average molecular weight is 340 g/mol. The van der Waals surface area contributed by atoms with Gasteiger partial charge in [-0.25, -0.2) is 22.3 Å². The number of rotatable bonds is 5. The number of hydrogen-bond acceptors (Lipinski definition) is 4. The van der Waals surface area contributed by atoms with Crippen LogP contribution in [0.5, 0.6) is 0 Å². The number of benzene rings is 1. The van der Waals surface area contributed by atoms with Crippen LogP contribution in [0.4, 0.5) is 4.39 Å². The lowest BCUT2D eigenvalue weighted by atomic mass is 10.2. The Morgan fingerprint density at radius 3 is 2.72 bits per heavy atom. The third kappa shape index (κ3) is 5.11. The molecule has 0 atom stereocenters. The summed E-state index contributed by atoms with van der Waals surface area (Å²) in [5, 5.41) is 0. The van der Waals surface area contributed by atoms with Crippen LogP contribution in [0.3, 0.4) is 0 Å². The van der Waals surface area contributed by atoms with Crippen LogP contribution in [-0.2, 0) is 14.8 Å². The highest BCUT2D eigenvalue weighted by atomic mass is 79.9. The fourth-order valence-corrected chi connectivity index (χ4v) is 1.89. The van der Waals surface area contributed by atoms with Gasteiger partial charge in [0.05, 0.1) is 11.8 Å². The fourth-order valence-electron chi connectivity index (χ4n) is 1.10. The van der Waals surface area contributed by atoms with Crippen LogP contribution >= 0.6 is 15.9 Å². The maximum absolute atomic E-state index is 13.4. The Kier molecular flexibility index (Phi) is 5.24. The number of carbonyl (C=O) groups excluding carboxylic acids is 1. The monoisotopic (exact) mass is 339 g/mol. The van der Waals surface area contributed by atoms with Crippen LogP contribution in [-0.4, -0.2) is 33.8 Å². The van der Waals surface area contributed by atoms with Gasteiger partial charge in [-0.3, -0.25) is 0 Å². The van der Waals surface area contributed by atoms with Crippen molar-refractivity contribution in [2.24, 2.45) is 0 Å². The molecule has 0 heterocycles. The Labute approximate surface area is 113 Å². The number of ether oxygens (including phenoxy) is 1.